The van der Waals surface area contributed by atoms with Crippen LogP contribution in [-0.4, -0.2) is 52.5 Å². The molecule has 0 aromatic heterocycles. The van der Waals surface area contributed by atoms with Gasteiger partial charge in [0.15, 0.2) is 5.78 Å². The van der Waals surface area contributed by atoms with Crippen molar-refractivity contribution in [3.05, 3.63) is 95.2 Å². The van der Waals surface area contributed by atoms with Gasteiger partial charge < -0.3 is 21.1 Å². The fourth-order valence-electron chi connectivity index (χ4n) is 5.03. The van der Waals surface area contributed by atoms with Crippen LogP contribution in [0.5, 0.6) is 0 Å². The van der Waals surface area contributed by atoms with Crippen LogP contribution >= 0.6 is 0 Å². The van der Waals surface area contributed by atoms with Gasteiger partial charge in [-0.25, -0.2) is 0 Å². The van der Waals surface area contributed by atoms with Gasteiger partial charge in [-0.15, -0.1) is 0 Å². The van der Waals surface area contributed by atoms with Gasteiger partial charge in [-0.2, -0.15) is 5.10 Å². The Morgan fingerprint density at radius 1 is 1.05 bits per heavy atom. The number of hydrazone groups is 1. The number of amides is 2. The Hall–Kier alpha value is -5.25. The summed E-state index contributed by atoms with van der Waals surface area (Å²) >= 11 is 0. The van der Waals surface area contributed by atoms with E-state index in [9.17, 15) is 19.2 Å². The third kappa shape index (κ3) is 6.38. The van der Waals surface area contributed by atoms with Gasteiger partial charge in [-0.05, 0) is 55.7 Å². The Labute approximate surface area is 243 Å². The molecule has 4 N–H and O–H groups in total. The fraction of sp³-hybridized carbons (Fsp3) is 0.219. The summed E-state index contributed by atoms with van der Waals surface area (Å²) in [5.41, 5.74) is 5.70. The number of aryl methyl sites for hydroxylation is 1. The first-order valence-electron chi connectivity index (χ1n) is 13.6. The average Bonchev–Trinajstić information content (AvgIpc) is 3.48. The van der Waals surface area contributed by atoms with Crippen molar-refractivity contribution in [1.29, 1.82) is 0 Å². The van der Waals surface area contributed by atoms with Crippen molar-refractivity contribution in [3.63, 3.8) is 0 Å². The predicted octanol–water partition coefficient (Wildman–Crippen LogP) is 4.75. The van der Waals surface area contributed by atoms with Gasteiger partial charge >= 0.3 is 5.97 Å². The highest BCUT2D eigenvalue weighted by molar-refractivity contribution is 6.32. The molecule has 214 valence electrons. The lowest BCUT2D eigenvalue weighted by Crippen LogP contribution is -2.36. The number of carboxylic acid groups (broad SMARTS) is 1. The number of carboxylic acids is 1. The van der Waals surface area contributed by atoms with E-state index in [1.807, 2.05) is 31.2 Å². The van der Waals surface area contributed by atoms with Gasteiger partial charge in [0.25, 0.3) is 5.91 Å². The molecule has 0 saturated heterocycles. The Kier molecular flexibility index (Phi) is 8.14. The van der Waals surface area contributed by atoms with Crippen LogP contribution in [0.4, 0.5) is 17.1 Å². The first-order chi connectivity index (χ1) is 20.2. The first kappa shape index (κ1) is 28.3. The van der Waals surface area contributed by atoms with Crippen LogP contribution in [-0.2, 0) is 20.8 Å². The third-order valence-corrected chi connectivity index (χ3v) is 7.22. The quantitative estimate of drug-likeness (QED) is 0.205. The van der Waals surface area contributed by atoms with Crippen molar-refractivity contribution in [3.8, 4) is 0 Å². The topological polar surface area (TPSA) is 140 Å². The number of anilines is 3. The van der Waals surface area contributed by atoms with Crippen molar-refractivity contribution >= 4 is 51.9 Å². The van der Waals surface area contributed by atoms with Gasteiger partial charge in [0.2, 0.25) is 5.91 Å². The molecule has 2 heterocycles. The third-order valence-electron chi connectivity index (χ3n) is 7.22. The Morgan fingerprint density at radius 2 is 1.81 bits per heavy atom. The second-order valence-corrected chi connectivity index (χ2v) is 10.4. The van der Waals surface area contributed by atoms with Crippen LogP contribution in [0, 0.1) is 0 Å². The molecule has 0 saturated carbocycles. The van der Waals surface area contributed by atoms with Gasteiger partial charge in [0.1, 0.15) is 6.04 Å². The number of nitrogens with one attached hydrogen (secondary N) is 3. The summed E-state index contributed by atoms with van der Waals surface area (Å²) in [4.78, 5) is 49.5. The smallest absolute Gasteiger partial charge is 0.303 e. The Morgan fingerprint density at radius 3 is 2.52 bits per heavy atom. The largest absolute Gasteiger partial charge is 0.481 e. The van der Waals surface area contributed by atoms with E-state index in [0.717, 1.165) is 17.0 Å². The van der Waals surface area contributed by atoms with Crippen molar-refractivity contribution in [2.75, 3.05) is 23.0 Å². The number of hydrogen-bond donors (Lipinski definition) is 4. The number of likely N-dealkylation sites (N-methyl/N-ethyl adjacent to an activating group) is 1. The molecule has 0 aliphatic carbocycles. The summed E-state index contributed by atoms with van der Waals surface area (Å²) < 4.78 is 0. The molecule has 2 amide bonds. The van der Waals surface area contributed by atoms with E-state index in [2.05, 4.69) is 21.1 Å². The minimum atomic E-state index is -0.805. The minimum absolute atomic E-state index is 0.132. The lowest BCUT2D eigenvalue weighted by atomic mass is 9.99. The molecule has 0 fully saturated rings. The monoisotopic (exact) mass is 565 g/mol. The number of rotatable bonds is 10. The van der Waals surface area contributed by atoms with Crippen molar-refractivity contribution in [2.24, 2.45) is 5.10 Å². The normalized spacial score (nSPS) is 16.6. The Bertz CT molecular complexity index is 1630. The van der Waals surface area contributed by atoms with E-state index in [0.29, 0.717) is 52.9 Å². The highest BCUT2D eigenvalue weighted by atomic mass is 16.4. The van der Waals surface area contributed by atoms with Gasteiger partial charge in [-0.1, -0.05) is 36.4 Å². The lowest BCUT2D eigenvalue weighted by molar-refractivity contribution is -0.137. The van der Waals surface area contributed by atoms with Crippen LogP contribution in [0.25, 0.3) is 5.57 Å². The molecule has 3 aromatic carbocycles. The molecule has 0 radical (unpaired) electrons. The highest BCUT2D eigenvalue weighted by Gasteiger charge is 2.29. The number of nitrogens with zero attached hydrogens (tertiary/aromatic N) is 2. The Balaban J connectivity index is 1.25. The maximum Gasteiger partial charge on any atom is 0.303 e. The number of carbonyl (C=O) groups excluding carboxylic acids is 3. The molecular formula is C32H31N5O5. The SMILES string of the molecule is CC1=NN(C)C(C(=O)Nc2cccc(C(=O)c3ccc4c(c3)NC(=O)C4=CNc3ccc(CCCC(=O)O)cc3)c2)C1. The number of aliphatic carboxylic acids is 1. The molecule has 10 heteroatoms. The zero-order valence-electron chi connectivity index (χ0n) is 23.3. The van der Waals surface area contributed by atoms with Crippen LogP contribution < -0.4 is 16.0 Å². The molecule has 1 unspecified atom stereocenters. The van der Waals surface area contributed by atoms with Gasteiger partial charge in [0, 0.05) is 65.6 Å². The molecule has 1 atom stereocenters. The highest BCUT2D eigenvalue weighted by Crippen LogP contribution is 2.33. The number of fused-ring (bicyclic) bond motifs is 1. The van der Waals surface area contributed by atoms with E-state index >= 15 is 0 Å². The molecule has 0 bridgehead atoms. The summed E-state index contributed by atoms with van der Waals surface area (Å²) in [6, 6.07) is 19.1. The number of hydrogen-bond acceptors (Lipinski definition) is 7. The number of benzene rings is 3. The summed E-state index contributed by atoms with van der Waals surface area (Å²) in [6.45, 7) is 1.88. The van der Waals surface area contributed by atoms with Crippen LogP contribution in [0.1, 0.15) is 53.2 Å². The number of carbonyl (C=O) groups is 4. The zero-order chi connectivity index (χ0) is 29.8. The molecule has 10 nitrogen and oxygen atoms in total. The van der Waals surface area contributed by atoms with Gasteiger partial charge in [-0.3, -0.25) is 24.2 Å². The predicted molar refractivity (Wildman–Crippen MR) is 161 cm³/mol. The molecule has 2 aliphatic heterocycles. The fourth-order valence-corrected chi connectivity index (χ4v) is 5.03. The van der Waals surface area contributed by atoms with Gasteiger partial charge in [0.05, 0.1) is 5.57 Å². The molecule has 5 rings (SSSR count). The standard InChI is InChI=1S/C32H31N5O5/c1-19-15-28(37(2)36-19)32(42)34-24-7-4-6-21(16-24)30(40)22-11-14-25-26(31(41)35-27(25)17-22)18-33-23-12-9-20(10-13-23)5-3-8-29(38)39/h4,6-7,9-14,16-18,28,33H,3,5,8,15H2,1-2H3,(H,34,42)(H,35,41)(H,38,39). The number of ketones is 1. The molecule has 2 aliphatic rings. The van der Waals surface area contributed by atoms with E-state index in [4.69, 9.17) is 5.11 Å². The second kappa shape index (κ2) is 12.1. The van der Waals surface area contributed by atoms with E-state index in [1.54, 1.807) is 60.7 Å². The summed E-state index contributed by atoms with van der Waals surface area (Å²) in [5, 5.41) is 23.6. The average molecular weight is 566 g/mol. The lowest BCUT2D eigenvalue weighted by Gasteiger charge is -2.18. The van der Waals surface area contributed by atoms with Crippen LogP contribution in [0.2, 0.25) is 0 Å². The second-order valence-electron chi connectivity index (χ2n) is 10.4. The molecular weight excluding hydrogens is 534 g/mol. The van der Waals surface area contributed by atoms with E-state index in [1.165, 1.54) is 0 Å². The van der Waals surface area contributed by atoms with E-state index in [-0.39, 0.29) is 24.0 Å². The first-order valence-corrected chi connectivity index (χ1v) is 13.6. The zero-order valence-corrected chi connectivity index (χ0v) is 23.3. The van der Waals surface area contributed by atoms with E-state index < -0.39 is 12.0 Å². The summed E-state index contributed by atoms with van der Waals surface area (Å²) in [6.07, 6.45) is 3.56. The summed E-state index contributed by atoms with van der Waals surface area (Å²) in [5.74, 6) is -1.52. The van der Waals surface area contributed by atoms with Crippen LogP contribution in [0.15, 0.2) is 78.0 Å². The summed E-state index contributed by atoms with van der Waals surface area (Å²) in [7, 11) is 1.76. The maximum absolute atomic E-state index is 13.3. The van der Waals surface area contributed by atoms with Crippen LogP contribution in [0.3, 0.4) is 0 Å². The minimum Gasteiger partial charge on any atom is -0.481 e. The van der Waals surface area contributed by atoms with Crippen molar-refractivity contribution < 1.29 is 24.3 Å². The van der Waals surface area contributed by atoms with Crippen molar-refractivity contribution in [1.82, 2.24) is 5.01 Å². The molecule has 42 heavy (non-hydrogen) atoms. The molecule has 3 aromatic rings. The maximum atomic E-state index is 13.3. The van der Waals surface area contributed by atoms with Crippen molar-refractivity contribution in [2.45, 2.75) is 38.6 Å². The molecule has 0 spiro atoms.